The standard InChI is InChI=1S/C21H20F3N7/c1-31-19-16(11-27-31)18(28-15-9-7-14(8-10-15)21(22,23)24)29-20(30-19)26-12-17(25)13-5-3-2-4-6-13/h2-11,17H,12,25H2,1H3,(H2,26,28,29,30)/t17-/m0/s1/i1D3. The van der Waals surface area contributed by atoms with Crippen molar-refractivity contribution in [2.45, 2.75) is 12.2 Å². The third-order valence-electron chi connectivity index (χ3n) is 4.61. The van der Waals surface area contributed by atoms with E-state index in [9.17, 15) is 13.2 Å². The van der Waals surface area contributed by atoms with Gasteiger partial charge in [-0.1, -0.05) is 30.3 Å². The molecular weight excluding hydrogens is 407 g/mol. The fourth-order valence-electron chi connectivity index (χ4n) is 2.98. The number of halogens is 3. The Kier molecular flexibility index (Phi) is 4.53. The largest absolute Gasteiger partial charge is 0.416 e. The highest BCUT2D eigenvalue weighted by Gasteiger charge is 2.30. The first-order valence-electron chi connectivity index (χ1n) is 10.8. The van der Waals surface area contributed by atoms with Crippen molar-refractivity contribution in [3.8, 4) is 0 Å². The van der Waals surface area contributed by atoms with Crippen LogP contribution >= 0.6 is 0 Å². The summed E-state index contributed by atoms with van der Waals surface area (Å²) in [6, 6.07) is 13.3. The lowest BCUT2D eigenvalue weighted by Crippen LogP contribution is -2.21. The lowest BCUT2D eigenvalue weighted by Gasteiger charge is -2.14. The van der Waals surface area contributed by atoms with E-state index >= 15 is 0 Å². The van der Waals surface area contributed by atoms with Crippen LogP contribution in [0.15, 0.2) is 60.8 Å². The fraction of sp³-hybridized carbons (Fsp3) is 0.190. The summed E-state index contributed by atoms with van der Waals surface area (Å²) in [4.78, 5) is 8.67. The maximum Gasteiger partial charge on any atom is 0.416 e. The van der Waals surface area contributed by atoms with Crippen LogP contribution in [0.25, 0.3) is 11.0 Å². The van der Waals surface area contributed by atoms with E-state index < -0.39 is 18.7 Å². The average molecular weight is 430 g/mol. The van der Waals surface area contributed by atoms with Crippen LogP contribution in [0.5, 0.6) is 0 Å². The second kappa shape index (κ2) is 8.23. The maximum absolute atomic E-state index is 12.9. The van der Waals surface area contributed by atoms with Gasteiger partial charge in [0, 0.05) is 29.4 Å². The molecule has 0 amide bonds. The Morgan fingerprint density at radius 3 is 2.52 bits per heavy atom. The average Bonchev–Trinajstić information content (AvgIpc) is 3.23. The number of hydrogen-bond acceptors (Lipinski definition) is 6. The van der Waals surface area contributed by atoms with Crippen molar-refractivity contribution >= 4 is 28.5 Å². The zero-order valence-corrected chi connectivity index (χ0v) is 16.1. The summed E-state index contributed by atoms with van der Waals surface area (Å²) in [5.74, 6) is 0.260. The quantitative estimate of drug-likeness (QED) is 0.424. The van der Waals surface area contributed by atoms with Crippen LogP contribution in [-0.2, 0) is 13.2 Å². The van der Waals surface area contributed by atoms with E-state index in [4.69, 9.17) is 9.85 Å². The Labute approximate surface area is 180 Å². The molecule has 160 valence electrons. The molecule has 4 N–H and O–H groups in total. The topological polar surface area (TPSA) is 93.7 Å². The van der Waals surface area contributed by atoms with Gasteiger partial charge in [0.05, 0.1) is 17.1 Å². The second-order valence-corrected chi connectivity index (χ2v) is 6.79. The number of fused-ring (bicyclic) bond motifs is 1. The highest BCUT2D eigenvalue weighted by atomic mass is 19.4. The highest BCUT2D eigenvalue weighted by Crippen LogP contribution is 2.31. The summed E-state index contributed by atoms with van der Waals surface area (Å²) in [5.41, 5.74) is 6.65. The van der Waals surface area contributed by atoms with Gasteiger partial charge in [-0.25, -0.2) is 0 Å². The lowest BCUT2D eigenvalue weighted by atomic mass is 10.1. The van der Waals surface area contributed by atoms with Crippen LogP contribution < -0.4 is 16.4 Å². The van der Waals surface area contributed by atoms with E-state index in [0.29, 0.717) is 5.69 Å². The van der Waals surface area contributed by atoms with Crippen LogP contribution in [0.4, 0.5) is 30.6 Å². The van der Waals surface area contributed by atoms with Crippen molar-refractivity contribution in [2.24, 2.45) is 12.7 Å². The Morgan fingerprint density at radius 2 is 1.84 bits per heavy atom. The molecule has 0 aliphatic rings. The zero-order valence-electron chi connectivity index (χ0n) is 19.1. The molecule has 7 nitrogen and oxygen atoms in total. The number of nitrogens with two attached hydrogens (primary N) is 1. The van der Waals surface area contributed by atoms with Gasteiger partial charge in [0.1, 0.15) is 5.82 Å². The molecule has 0 aliphatic carbocycles. The number of benzene rings is 2. The molecule has 0 bridgehead atoms. The molecule has 4 aromatic rings. The van der Waals surface area contributed by atoms with Gasteiger partial charge in [0.15, 0.2) is 5.65 Å². The number of aryl methyl sites for hydroxylation is 1. The SMILES string of the molecule is [2H]C([2H])([2H])n1ncc2c(Nc3ccc(C(F)(F)F)cc3)nc(NC[C@H](N)c3ccccc3)nc21. The van der Waals surface area contributed by atoms with Gasteiger partial charge < -0.3 is 16.4 Å². The summed E-state index contributed by atoms with van der Waals surface area (Å²) < 4.78 is 62.5. The van der Waals surface area contributed by atoms with Gasteiger partial charge in [-0.15, -0.1) is 0 Å². The number of nitrogens with zero attached hydrogens (tertiary/aromatic N) is 4. The Hall–Kier alpha value is -3.66. The minimum Gasteiger partial charge on any atom is -0.352 e. The Morgan fingerprint density at radius 1 is 1.10 bits per heavy atom. The highest BCUT2D eigenvalue weighted by molar-refractivity contribution is 5.89. The number of nitrogens with one attached hydrogen (secondary N) is 2. The van der Waals surface area contributed by atoms with Crippen molar-refractivity contribution in [1.82, 2.24) is 19.7 Å². The molecule has 0 spiro atoms. The molecule has 4 rings (SSSR count). The molecule has 0 saturated heterocycles. The maximum atomic E-state index is 12.9. The molecule has 2 aromatic carbocycles. The zero-order chi connectivity index (χ0) is 24.5. The van der Waals surface area contributed by atoms with Crippen LogP contribution in [0.2, 0.25) is 0 Å². The molecule has 2 heterocycles. The summed E-state index contributed by atoms with van der Waals surface area (Å²) in [6.07, 6.45) is -3.18. The van der Waals surface area contributed by atoms with Gasteiger partial charge in [-0.05, 0) is 29.8 Å². The molecule has 0 unspecified atom stereocenters. The number of anilines is 3. The second-order valence-electron chi connectivity index (χ2n) is 6.79. The monoisotopic (exact) mass is 430 g/mol. The van der Waals surface area contributed by atoms with Crippen molar-refractivity contribution in [1.29, 1.82) is 0 Å². The van der Waals surface area contributed by atoms with Crippen LogP contribution in [0, 0.1) is 0 Å². The fourth-order valence-corrected chi connectivity index (χ4v) is 2.98. The number of aromatic nitrogens is 4. The predicted octanol–water partition coefficient (Wildman–Crippen LogP) is 4.24. The van der Waals surface area contributed by atoms with E-state index in [-0.39, 0.29) is 35.4 Å². The molecular formula is C21H20F3N7. The van der Waals surface area contributed by atoms with E-state index in [1.807, 2.05) is 30.3 Å². The number of rotatable bonds is 6. The summed E-state index contributed by atoms with van der Waals surface area (Å²) in [5, 5.41) is 10.1. The first-order valence-corrected chi connectivity index (χ1v) is 9.27. The minimum absolute atomic E-state index is 0.0280. The molecule has 1 atom stereocenters. The molecule has 10 heteroatoms. The van der Waals surface area contributed by atoms with Crippen LogP contribution in [0.3, 0.4) is 0 Å². The molecule has 0 fully saturated rings. The van der Waals surface area contributed by atoms with E-state index in [1.54, 1.807) is 0 Å². The van der Waals surface area contributed by atoms with Crippen molar-refractivity contribution in [3.63, 3.8) is 0 Å². The third-order valence-corrected chi connectivity index (χ3v) is 4.61. The number of hydrogen-bond donors (Lipinski definition) is 3. The molecule has 31 heavy (non-hydrogen) atoms. The minimum atomic E-state index is -4.46. The van der Waals surface area contributed by atoms with Gasteiger partial charge in [-0.3, -0.25) is 4.68 Å². The number of alkyl halides is 3. The van der Waals surface area contributed by atoms with Crippen LogP contribution in [0.1, 0.15) is 21.3 Å². The normalized spacial score (nSPS) is 14.5. The van der Waals surface area contributed by atoms with Gasteiger partial charge in [0.25, 0.3) is 0 Å². The van der Waals surface area contributed by atoms with Crippen molar-refractivity contribution in [3.05, 3.63) is 71.9 Å². The van der Waals surface area contributed by atoms with Gasteiger partial charge in [0.2, 0.25) is 5.95 Å². The van der Waals surface area contributed by atoms with Crippen LogP contribution in [-0.4, -0.2) is 26.3 Å². The summed E-state index contributed by atoms with van der Waals surface area (Å²) in [7, 11) is 0. The predicted molar refractivity (Wildman–Crippen MR) is 113 cm³/mol. The third kappa shape index (κ3) is 4.58. The van der Waals surface area contributed by atoms with Crippen molar-refractivity contribution < 1.29 is 17.3 Å². The molecule has 0 radical (unpaired) electrons. The first kappa shape index (κ1) is 17.1. The van der Waals surface area contributed by atoms with E-state index in [0.717, 1.165) is 22.4 Å². The summed E-state index contributed by atoms with van der Waals surface area (Å²) in [6.45, 7) is -2.35. The van der Waals surface area contributed by atoms with Crippen molar-refractivity contribution in [2.75, 3.05) is 17.2 Å². The van der Waals surface area contributed by atoms with Gasteiger partial charge >= 0.3 is 6.18 Å². The van der Waals surface area contributed by atoms with E-state index in [1.165, 1.54) is 18.3 Å². The summed E-state index contributed by atoms with van der Waals surface area (Å²) >= 11 is 0. The van der Waals surface area contributed by atoms with E-state index in [2.05, 4.69) is 25.7 Å². The molecule has 0 saturated carbocycles. The Balaban J connectivity index is 1.66. The molecule has 0 aliphatic heterocycles. The molecule has 2 aromatic heterocycles. The van der Waals surface area contributed by atoms with Gasteiger partial charge in [-0.2, -0.15) is 28.2 Å². The lowest BCUT2D eigenvalue weighted by molar-refractivity contribution is -0.137. The first-order chi connectivity index (χ1) is 16.0. The smallest absolute Gasteiger partial charge is 0.352 e. The Bertz CT molecular complexity index is 1270.